The summed E-state index contributed by atoms with van der Waals surface area (Å²) in [5, 5.41) is 5.91. The van der Waals surface area contributed by atoms with Crippen LogP contribution in [0.2, 0.25) is 0 Å². The quantitative estimate of drug-likeness (QED) is 0.708. The Kier molecular flexibility index (Phi) is 5.28. The van der Waals surface area contributed by atoms with Crippen molar-refractivity contribution in [2.75, 3.05) is 24.9 Å². The van der Waals surface area contributed by atoms with E-state index in [-0.39, 0.29) is 11.6 Å². The number of para-hydroxylation sites is 1. The number of aromatic nitrogens is 2. The van der Waals surface area contributed by atoms with Crippen molar-refractivity contribution in [3.8, 4) is 11.5 Å². The number of hydrogen-bond acceptors (Lipinski definition) is 6. The average molecular weight is 350 g/mol. The standard InChI is InChI=1S/C19H18N4O3/c1-25-14-8-9-15(17(10-14)26-2)23-18-11-16(20-12-21-18)19(24)22-13-6-4-3-5-7-13/h3-12H,1-2H3,(H,22,24)(H,20,21,23). The van der Waals surface area contributed by atoms with Gasteiger partial charge in [0.25, 0.3) is 5.91 Å². The van der Waals surface area contributed by atoms with E-state index in [0.717, 1.165) is 0 Å². The van der Waals surface area contributed by atoms with E-state index in [0.29, 0.717) is 28.7 Å². The molecule has 0 bridgehead atoms. The fourth-order valence-corrected chi connectivity index (χ4v) is 2.31. The summed E-state index contributed by atoms with van der Waals surface area (Å²) < 4.78 is 10.5. The van der Waals surface area contributed by atoms with Crippen LogP contribution in [0.1, 0.15) is 10.5 Å². The molecule has 0 unspecified atom stereocenters. The number of ether oxygens (including phenoxy) is 2. The van der Waals surface area contributed by atoms with Gasteiger partial charge in [-0.3, -0.25) is 4.79 Å². The van der Waals surface area contributed by atoms with Crippen molar-refractivity contribution in [2.24, 2.45) is 0 Å². The molecule has 0 saturated carbocycles. The van der Waals surface area contributed by atoms with Crippen LogP contribution < -0.4 is 20.1 Å². The number of amides is 1. The summed E-state index contributed by atoms with van der Waals surface area (Å²) >= 11 is 0. The van der Waals surface area contributed by atoms with E-state index in [1.54, 1.807) is 44.6 Å². The Morgan fingerprint density at radius 1 is 0.962 bits per heavy atom. The highest BCUT2D eigenvalue weighted by atomic mass is 16.5. The fraction of sp³-hybridized carbons (Fsp3) is 0.105. The molecule has 0 aliphatic carbocycles. The number of methoxy groups -OCH3 is 2. The van der Waals surface area contributed by atoms with Gasteiger partial charge in [0.15, 0.2) is 0 Å². The zero-order chi connectivity index (χ0) is 18.4. The number of hydrogen-bond donors (Lipinski definition) is 2. The van der Waals surface area contributed by atoms with Gasteiger partial charge >= 0.3 is 0 Å². The van der Waals surface area contributed by atoms with Crippen LogP contribution in [0.15, 0.2) is 60.9 Å². The number of nitrogens with one attached hydrogen (secondary N) is 2. The molecule has 0 aliphatic heterocycles. The van der Waals surface area contributed by atoms with Gasteiger partial charge in [-0.05, 0) is 24.3 Å². The topological polar surface area (TPSA) is 85.4 Å². The second-order valence-corrected chi connectivity index (χ2v) is 5.30. The maximum absolute atomic E-state index is 12.4. The molecule has 0 aliphatic rings. The third-order valence-electron chi connectivity index (χ3n) is 3.60. The second kappa shape index (κ2) is 7.98. The molecule has 0 atom stereocenters. The van der Waals surface area contributed by atoms with Crippen molar-refractivity contribution in [3.63, 3.8) is 0 Å². The third kappa shape index (κ3) is 4.07. The van der Waals surface area contributed by atoms with Crippen molar-refractivity contribution in [2.45, 2.75) is 0 Å². The molecule has 1 heterocycles. The van der Waals surface area contributed by atoms with Crippen molar-refractivity contribution >= 4 is 23.1 Å². The van der Waals surface area contributed by atoms with Crippen molar-refractivity contribution in [3.05, 3.63) is 66.6 Å². The van der Waals surface area contributed by atoms with Gasteiger partial charge in [0, 0.05) is 17.8 Å². The summed E-state index contributed by atoms with van der Waals surface area (Å²) in [5.74, 6) is 1.43. The lowest BCUT2D eigenvalue weighted by Gasteiger charge is -2.12. The van der Waals surface area contributed by atoms with Gasteiger partial charge < -0.3 is 20.1 Å². The highest BCUT2D eigenvalue weighted by molar-refractivity contribution is 6.03. The minimum atomic E-state index is -0.316. The number of carbonyl (C=O) groups excluding carboxylic acids is 1. The molecule has 0 fully saturated rings. The molecular formula is C19H18N4O3. The molecule has 3 rings (SSSR count). The maximum Gasteiger partial charge on any atom is 0.274 e. The monoisotopic (exact) mass is 350 g/mol. The van der Waals surface area contributed by atoms with Crippen molar-refractivity contribution in [1.82, 2.24) is 9.97 Å². The first kappa shape index (κ1) is 17.2. The SMILES string of the molecule is COc1ccc(Nc2cc(C(=O)Nc3ccccc3)ncn2)c(OC)c1. The molecule has 2 N–H and O–H groups in total. The van der Waals surface area contributed by atoms with Gasteiger partial charge in [0.05, 0.1) is 19.9 Å². The summed E-state index contributed by atoms with van der Waals surface area (Å²) in [7, 11) is 3.16. The van der Waals surface area contributed by atoms with E-state index < -0.39 is 0 Å². The molecule has 0 saturated heterocycles. The van der Waals surface area contributed by atoms with Crippen LogP contribution in [0.25, 0.3) is 0 Å². The molecule has 0 spiro atoms. The number of anilines is 3. The lowest BCUT2D eigenvalue weighted by Crippen LogP contribution is -2.14. The summed E-state index contributed by atoms with van der Waals surface area (Å²) in [6.45, 7) is 0. The van der Waals surface area contributed by atoms with E-state index in [1.807, 2.05) is 24.3 Å². The third-order valence-corrected chi connectivity index (χ3v) is 3.60. The summed E-state index contributed by atoms with van der Waals surface area (Å²) in [4.78, 5) is 20.5. The van der Waals surface area contributed by atoms with Crippen LogP contribution in [0.5, 0.6) is 11.5 Å². The second-order valence-electron chi connectivity index (χ2n) is 5.30. The minimum absolute atomic E-state index is 0.249. The van der Waals surface area contributed by atoms with Gasteiger partial charge in [0.2, 0.25) is 0 Å². The predicted octanol–water partition coefficient (Wildman–Crippen LogP) is 3.49. The zero-order valence-corrected chi connectivity index (χ0v) is 14.4. The van der Waals surface area contributed by atoms with Crippen LogP contribution in [-0.4, -0.2) is 30.1 Å². The minimum Gasteiger partial charge on any atom is -0.497 e. The molecule has 7 nitrogen and oxygen atoms in total. The first-order valence-corrected chi connectivity index (χ1v) is 7.87. The Morgan fingerprint density at radius 2 is 1.77 bits per heavy atom. The largest absolute Gasteiger partial charge is 0.497 e. The summed E-state index contributed by atoms with van der Waals surface area (Å²) in [6, 6.07) is 16.1. The van der Waals surface area contributed by atoms with Crippen molar-refractivity contribution < 1.29 is 14.3 Å². The lowest BCUT2D eigenvalue weighted by atomic mass is 10.2. The van der Waals surface area contributed by atoms with Gasteiger partial charge in [-0.25, -0.2) is 9.97 Å². The predicted molar refractivity (Wildman–Crippen MR) is 99.3 cm³/mol. The Hall–Kier alpha value is -3.61. The molecule has 26 heavy (non-hydrogen) atoms. The average Bonchev–Trinajstić information content (AvgIpc) is 2.69. The Balaban J connectivity index is 1.78. The zero-order valence-electron chi connectivity index (χ0n) is 14.4. The normalized spacial score (nSPS) is 10.1. The van der Waals surface area contributed by atoms with Gasteiger partial charge in [-0.15, -0.1) is 0 Å². The molecule has 0 radical (unpaired) electrons. The number of rotatable bonds is 6. The molecule has 1 aromatic heterocycles. The van der Waals surface area contributed by atoms with E-state index >= 15 is 0 Å². The molecule has 3 aromatic rings. The summed E-state index contributed by atoms with van der Waals surface area (Å²) in [5.41, 5.74) is 1.64. The first-order valence-electron chi connectivity index (χ1n) is 7.87. The van der Waals surface area contributed by atoms with Gasteiger partial charge in [0.1, 0.15) is 29.3 Å². The van der Waals surface area contributed by atoms with Crippen LogP contribution in [0.4, 0.5) is 17.2 Å². The first-order chi connectivity index (χ1) is 12.7. The van der Waals surface area contributed by atoms with E-state index in [9.17, 15) is 4.79 Å². The molecule has 1 amide bonds. The van der Waals surface area contributed by atoms with E-state index in [4.69, 9.17) is 9.47 Å². The van der Waals surface area contributed by atoms with Crippen LogP contribution >= 0.6 is 0 Å². The Morgan fingerprint density at radius 3 is 2.50 bits per heavy atom. The number of nitrogens with zero attached hydrogens (tertiary/aromatic N) is 2. The molecular weight excluding hydrogens is 332 g/mol. The molecule has 132 valence electrons. The van der Waals surface area contributed by atoms with Crippen LogP contribution in [-0.2, 0) is 0 Å². The van der Waals surface area contributed by atoms with Crippen molar-refractivity contribution in [1.29, 1.82) is 0 Å². The number of benzene rings is 2. The van der Waals surface area contributed by atoms with E-state index in [1.165, 1.54) is 6.33 Å². The Bertz CT molecular complexity index is 900. The molecule has 7 heteroatoms. The smallest absolute Gasteiger partial charge is 0.274 e. The van der Waals surface area contributed by atoms with Gasteiger partial charge in [-0.1, -0.05) is 18.2 Å². The fourth-order valence-electron chi connectivity index (χ4n) is 2.31. The van der Waals surface area contributed by atoms with Crippen LogP contribution in [0, 0.1) is 0 Å². The highest BCUT2D eigenvalue weighted by Gasteiger charge is 2.11. The summed E-state index contributed by atoms with van der Waals surface area (Å²) in [6.07, 6.45) is 1.33. The maximum atomic E-state index is 12.4. The lowest BCUT2D eigenvalue weighted by molar-refractivity contribution is 0.102. The van der Waals surface area contributed by atoms with Crippen LogP contribution in [0.3, 0.4) is 0 Å². The Labute approximate surface area is 151 Å². The highest BCUT2D eigenvalue weighted by Crippen LogP contribution is 2.31. The van der Waals surface area contributed by atoms with Gasteiger partial charge in [-0.2, -0.15) is 0 Å². The number of carbonyl (C=O) groups is 1. The molecule has 2 aromatic carbocycles. The van der Waals surface area contributed by atoms with E-state index in [2.05, 4.69) is 20.6 Å².